The molecule has 2 aromatic carbocycles. The topological polar surface area (TPSA) is 26.3 Å². The van der Waals surface area contributed by atoms with Gasteiger partial charge in [-0.05, 0) is 41.6 Å². The van der Waals surface area contributed by atoms with Gasteiger partial charge in [0.25, 0.3) is 0 Å². The molecule has 0 fully saturated rings. The number of ether oxygens (including phenoxy) is 1. The Kier molecular flexibility index (Phi) is 4.84. The minimum Gasteiger partial charge on any atom is -0.452 e. The molecule has 0 unspecified atom stereocenters. The normalized spacial score (nSPS) is 10.1. The van der Waals surface area contributed by atoms with Gasteiger partial charge >= 0.3 is 5.30 Å². The van der Waals surface area contributed by atoms with Gasteiger partial charge in [0, 0.05) is 9.37 Å². The smallest absolute Gasteiger partial charge is 0.372 e. The van der Waals surface area contributed by atoms with Crippen molar-refractivity contribution in [3.63, 3.8) is 0 Å². The number of carbonyl (C=O) groups is 1. The zero-order chi connectivity index (χ0) is 12.8. The second-order valence-corrected chi connectivity index (χ2v) is 5.50. The molecule has 0 aliphatic heterocycles. The van der Waals surface area contributed by atoms with Crippen LogP contribution in [-0.2, 0) is 11.3 Å². The Hall–Kier alpha value is -1.26. The van der Waals surface area contributed by atoms with Crippen LogP contribution in [0.25, 0.3) is 0 Å². The number of thioether (sulfide) groups is 1. The van der Waals surface area contributed by atoms with Gasteiger partial charge < -0.3 is 4.74 Å². The highest BCUT2D eigenvalue weighted by molar-refractivity contribution is 9.10. The minimum absolute atomic E-state index is 0.291. The Morgan fingerprint density at radius 1 is 1.06 bits per heavy atom. The van der Waals surface area contributed by atoms with E-state index in [2.05, 4.69) is 15.9 Å². The predicted molar refractivity (Wildman–Crippen MR) is 76.6 cm³/mol. The lowest BCUT2D eigenvalue weighted by Gasteiger charge is -2.04. The summed E-state index contributed by atoms with van der Waals surface area (Å²) < 4.78 is 6.16. The summed E-state index contributed by atoms with van der Waals surface area (Å²) in [5, 5.41) is -0.291. The van der Waals surface area contributed by atoms with Gasteiger partial charge in [-0.2, -0.15) is 0 Å². The number of hydrogen-bond acceptors (Lipinski definition) is 3. The Morgan fingerprint density at radius 3 is 2.39 bits per heavy atom. The van der Waals surface area contributed by atoms with E-state index < -0.39 is 0 Å². The molecule has 0 amide bonds. The molecule has 0 atom stereocenters. The molecule has 0 heterocycles. The summed E-state index contributed by atoms with van der Waals surface area (Å²) in [5.41, 5.74) is 0.988. The molecule has 0 radical (unpaired) electrons. The fourth-order valence-electron chi connectivity index (χ4n) is 1.34. The molecular weight excluding hydrogens is 312 g/mol. The van der Waals surface area contributed by atoms with Crippen molar-refractivity contribution < 1.29 is 9.53 Å². The predicted octanol–water partition coefficient (Wildman–Crippen LogP) is 4.88. The molecule has 0 saturated carbocycles. The van der Waals surface area contributed by atoms with Crippen molar-refractivity contribution in [2.45, 2.75) is 11.5 Å². The summed E-state index contributed by atoms with van der Waals surface area (Å²) >= 11 is 4.44. The molecular formula is C14H11BrO2S. The van der Waals surface area contributed by atoms with Gasteiger partial charge in [0.1, 0.15) is 6.61 Å². The van der Waals surface area contributed by atoms with Gasteiger partial charge in [-0.1, -0.05) is 46.3 Å². The third-order valence-electron chi connectivity index (χ3n) is 2.21. The van der Waals surface area contributed by atoms with E-state index in [1.54, 1.807) is 0 Å². The summed E-state index contributed by atoms with van der Waals surface area (Å²) in [5.74, 6) is 0. The third-order valence-corrected chi connectivity index (χ3v) is 3.54. The van der Waals surface area contributed by atoms with E-state index in [0.717, 1.165) is 26.7 Å². The molecule has 2 aromatic rings. The molecule has 0 aliphatic rings. The second kappa shape index (κ2) is 6.61. The fraction of sp³-hybridized carbons (Fsp3) is 0.0714. The zero-order valence-corrected chi connectivity index (χ0v) is 11.9. The Labute approximate surface area is 118 Å². The highest BCUT2D eigenvalue weighted by Crippen LogP contribution is 2.22. The molecule has 4 heteroatoms. The van der Waals surface area contributed by atoms with Crippen LogP contribution >= 0.6 is 27.7 Å². The van der Waals surface area contributed by atoms with Gasteiger partial charge in [0.2, 0.25) is 0 Å². The van der Waals surface area contributed by atoms with Crippen LogP contribution in [0.1, 0.15) is 5.56 Å². The van der Waals surface area contributed by atoms with Gasteiger partial charge in [0.05, 0.1) is 0 Å². The summed E-state index contributed by atoms with van der Waals surface area (Å²) in [7, 11) is 0. The molecule has 2 rings (SSSR count). The van der Waals surface area contributed by atoms with E-state index >= 15 is 0 Å². The molecule has 0 saturated heterocycles. The molecule has 2 nitrogen and oxygen atoms in total. The zero-order valence-electron chi connectivity index (χ0n) is 9.51. The fourth-order valence-corrected chi connectivity index (χ4v) is 2.19. The molecule has 18 heavy (non-hydrogen) atoms. The lowest BCUT2D eigenvalue weighted by atomic mass is 10.2. The standard InChI is InChI=1S/C14H11BrO2S/c15-12-6-8-13(9-7-12)18-14(16)17-10-11-4-2-1-3-5-11/h1-9H,10H2. The van der Waals surface area contributed by atoms with Crippen LogP contribution in [0.4, 0.5) is 4.79 Å². The summed E-state index contributed by atoms with van der Waals surface area (Å²) in [6.45, 7) is 0.309. The van der Waals surface area contributed by atoms with E-state index in [-0.39, 0.29) is 5.30 Å². The molecule has 0 aromatic heterocycles. The highest BCUT2D eigenvalue weighted by atomic mass is 79.9. The van der Waals surface area contributed by atoms with E-state index in [1.165, 1.54) is 0 Å². The van der Waals surface area contributed by atoms with Crippen molar-refractivity contribution in [2.24, 2.45) is 0 Å². The van der Waals surface area contributed by atoms with E-state index in [0.29, 0.717) is 6.61 Å². The van der Waals surface area contributed by atoms with E-state index in [4.69, 9.17) is 4.74 Å². The average Bonchev–Trinajstić information content (AvgIpc) is 2.40. The summed E-state index contributed by atoms with van der Waals surface area (Å²) in [4.78, 5) is 12.5. The Bertz CT molecular complexity index is 511. The highest BCUT2D eigenvalue weighted by Gasteiger charge is 2.06. The maximum Gasteiger partial charge on any atom is 0.372 e. The lowest BCUT2D eigenvalue weighted by molar-refractivity contribution is 0.168. The van der Waals surface area contributed by atoms with Crippen LogP contribution in [0.15, 0.2) is 64.0 Å². The van der Waals surface area contributed by atoms with Crippen molar-refractivity contribution in [1.82, 2.24) is 0 Å². The molecule has 0 spiro atoms. The first-order valence-electron chi connectivity index (χ1n) is 5.38. The SMILES string of the molecule is O=C(OCc1ccccc1)Sc1ccc(Br)cc1. The first-order chi connectivity index (χ1) is 8.74. The van der Waals surface area contributed by atoms with Gasteiger partial charge in [0.15, 0.2) is 0 Å². The van der Waals surface area contributed by atoms with Crippen LogP contribution in [0.5, 0.6) is 0 Å². The molecule has 92 valence electrons. The number of carbonyl (C=O) groups excluding carboxylic acids is 1. The van der Waals surface area contributed by atoms with Gasteiger partial charge in [-0.15, -0.1) is 0 Å². The van der Waals surface area contributed by atoms with Crippen molar-refractivity contribution in [2.75, 3.05) is 0 Å². The number of hydrogen-bond donors (Lipinski definition) is 0. The first-order valence-corrected chi connectivity index (χ1v) is 6.99. The summed E-state index contributed by atoms with van der Waals surface area (Å²) in [6.07, 6.45) is 0. The van der Waals surface area contributed by atoms with Crippen LogP contribution in [0.2, 0.25) is 0 Å². The molecule has 0 N–H and O–H groups in total. The van der Waals surface area contributed by atoms with Crippen molar-refractivity contribution in [3.05, 3.63) is 64.6 Å². The Balaban J connectivity index is 1.84. The monoisotopic (exact) mass is 322 g/mol. The number of benzene rings is 2. The average molecular weight is 323 g/mol. The van der Waals surface area contributed by atoms with Gasteiger partial charge in [-0.25, -0.2) is 4.79 Å². The second-order valence-electron chi connectivity index (χ2n) is 3.58. The van der Waals surface area contributed by atoms with E-state index in [1.807, 2.05) is 54.6 Å². The lowest BCUT2D eigenvalue weighted by Crippen LogP contribution is -1.97. The van der Waals surface area contributed by atoms with Crippen LogP contribution in [-0.4, -0.2) is 5.30 Å². The largest absolute Gasteiger partial charge is 0.452 e. The quantitative estimate of drug-likeness (QED) is 0.595. The minimum atomic E-state index is -0.291. The summed E-state index contributed by atoms with van der Waals surface area (Å²) in [6, 6.07) is 17.2. The van der Waals surface area contributed by atoms with Crippen LogP contribution < -0.4 is 0 Å². The first kappa shape index (κ1) is 13.2. The maximum absolute atomic E-state index is 11.6. The van der Waals surface area contributed by atoms with Gasteiger partial charge in [-0.3, -0.25) is 0 Å². The Morgan fingerprint density at radius 2 is 1.72 bits per heavy atom. The molecule has 0 bridgehead atoms. The van der Waals surface area contributed by atoms with E-state index in [9.17, 15) is 4.79 Å². The van der Waals surface area contributed by atoms with Crippen molar-refractivity contribution >= 4 is 33.0 Å². The molecule has 0 aliphatic carbocycles. The van der Waals surface area contributed by atoms with Crippen molar-refractivity contribution in [1.29, 1.82) is 0 Å². The third kappa shape index (κ3) is 4.20. The van der Waals surface area contributed by atoms with Crippen LogP contribution in [0, 0.1) is 0 Å². The van der Waals surface area contributed by atoms with Crippen molar-refractivity contribution in [3.8, 4) is 0 Å². The van der Waals surface area contributed by atoms with Crippen LogP contribution in [0.3, 0.4) is 0 Å². The number of halogens is 1. The maximum atomic E-state index is 11.6. The number of rotatable bonds is 3.